The molecule has 2 aromatic carbocycles. The lowest BCUT2D eigenvalue weighted by Gasteiger charge is -2.38. The monoisotopic (exact) mass is 419 g/mol. The molecule has 3 rings (SSSR count). The van der Waals surface area contributed by atoms with Crippen LogP contribution in [0.1, 0.15) is 12.5 Å². The number of nitrogens with zero attached hydrogens (tertiary/aromatic N) is 2. The number of amides is 1. The lowest BCUT2D eigenvalue weighted by atomic mass is 10.1. The van der Waals surface area contributed by atoms with E-state index in [1.807, 2.05) is 6.92 Å². The van der Waals surface area contributed by atoms with E-state index in [0.717, 1.165) is 31.9 Å². The van der Waals surface area contributed by atoms with Crippen LogP contribution in [0.2, 0.25) is 0 Å². The van der Waals surface area contributed by atoms with E-state index >= 15 is 0 Å². The van der Waals surface area contributed by atoms with Crippen molar-refractivity contribution in [2.75, 3.05) is 42.7 Å². The molecule has 1 fully saturated rings. The molecule has 1 unspecified atom stereocenters. The fraction of sp³-hybridized carbons (Fsp3) is 0.381. The number of carbonyl (C=O) groups excluding carboxylic acids is 1. The van der Waals surface area contributed by atoms with E-state index < -0.39 is 9.84 Å². The maximum absolute atomic E-state index is 13.1. The highest BCUT2D eigenvalue weighted by Crippen LogP contribution is 2.19. The lowest BCUT2D eigenvalue weighted by Crippen LogP contribution is -2.52. The minimum Gasteiger partial charge on any atom is -0.369 e. The van der Waals surface area contributed by atoms with Crippen LogP contribution in [0.3, 0.4) is 0 Å². The van der Waals surface area contributed by atoms with Crippen LogP contribution in [-0.4, -0.2) is 57.7 Å². The van der Waals surface area contributed by atoms with Crippen molar-refractivity contribution >= 4 is 27.1 Å². The number of anilines is 2. The number of sulfone groups is 1. The van der Waals surface area contributed by atoms with Gasteiger partial charge in [-0.15, -0.1) is 0 Å². The summed E-state index contributed by atoms with van der Waals surface area (Å²) in [6.07, 6.45) is 1.19. The molecule has 1 saturated heterocycles. The summed E-state index contributed by atoms with van der Waals surface area (Å²) >= 11 is 0. The molecule has 0 radical (unpaired) electrons. The molecular formula is C21H26FN3O3S. The summed E-state index contributed by atoms with van der Waals surface area (Å²) in [6.45, 7) is 4.82. The minimum atomic E-state index is -3.13. The van der Waals surface area contributed by atoms with Crippen LogP contribution in [0, 0.1) is 5.82 Å². The predicted octanol–water partition coefficient (Wildman–Crippen LogP) is 2.52. The van der Waals surface area contributed by atoms with Crippen molar-refractivity contribution in [3.8, 4) is 0 Å². The zero-order chi connectivity index (χ0) is 21.0. The van der Waals surface area contributed by atoms with Crippen molar-refractivity contribution in [3.05, 3.63) is 59.9 Å². The summed E-state index contributed by atoms with van der Waals surface area (Å²) in [4.78, 5) is 17.0. The van der Waals surface area contributed by atoms with Crippen molar-refractivity contribution in [1.82, 2.24) is 4.90 Å². The van der Waals surface area contributed by atoms with Crippen LogP contribution in [0.25, 0.3) is 0 Å². The molecule has 1 aliphatic rings. The molecule has 2 aromatic rings. The average Bonchev–Trinajstić information content (AvgIpc) is 2.67. The number of hydrogen-bond acceptors (Lipinski definition) is 5. The SMILES string of the molecule is CC(C(=O)Nc1cccc(CS(C)(=O)=O)c1)N1CCN(c2ccc(F)cc2)CC1. The van der Waals surface area contributed by atoms with Gasteiger partial charge in [-0.2, -0.15) is 0 Å². The molecule has 29 heavy (non-hydrogen) atoms. The molecule has 1 aliphatic heterocycles. The van der Waals surface area contributed by atoms with E-state index in [4.69, 9.17) is 0 Å². The van der Waals surface area contributed by atoms with Crippen molar-refractivity contribution in [3.63, 3.8) is 0 Å². The van der Waals surface area contributed by atoms with Crippen LogP contribution in [0.15, 0.2) is 48.5 Å². The van der Waals surface area contributed by atoms with Crippen molar-refractivity contribution in [2.24, 2.45) is 0 Å². The van der Waals surface area contributed by atoms with E-state index in [0.29, 0.717) is 11.3 Å². The number of carbonyl (C=O) groups is 1. The Morgan fingerprint density at radius 1 is 1.10 bits per heavy atom. The van der Waals surface area contributed by atoms with E-state index in [2.05, 4.69) is 15.1 Å². The summed E-state index contributed by atoms with van der Waals surface area (Å²) in [5.41, 5.74) is 2.21. The summed E-state index contributed by atoms with van der Waals surface area (Å²) < 4.78 is 36.1. The van der Waals surface area contributed by atoms with Crippen LogP contribution in [-0.2, 0) is 20.4 Å². The van der Waals surface area contributed by atoms with Crippen LogP contribution < -0.4 is 10.2 Å². The van der Waals surface area contributed by atoms with Crippen LogP contribution in [0.5, 0.6) is 0 Å². The second-order valence-electron chi connectivity index (χ2n) is 7.44. The van der Waals surface area contributed by atoms with E-state index in [-0.39, 0.29) is 23.5 Å². The van der Waals surface area contributed by atoms with Gasteiger partial charge in [0.2, 0.25) is 5.91 Å². The maximum Gasteiger partial charge on any atom is 0.241 e. The Labute approximate surface area is 171 Å². The second kappa shape index (κ2) is 8.92. The highest BCUT2D eigenvalue weighted by molar-refractivity contribution is 7.89. The quantitative estimate of drug-likeness (QED) is 0.779. The molecule has 1 N–H and O–H groups in total. The van der Waals surface area contributed by atoms with Gasteiger partial charge in [0.15, 0.2) is 9.84 Å². The molecule has 156 valence electrons. The topological polar surface area (TPSA) is 69.7 Å². The third kappa shape index (κ3) is 6.01. The minimum absolute atomic E-state index is 0.0579. The normalized spacial score (nSPS) is 16.4. The van der Waals surface area contributed by atoms with Gasteiger partial charge in [-0.1, -0.05) is 12.1 Å². The number of benzene rings is 2. The third-order valence-electron chi connectivity index (χ3n) is 5.06. The first-order valence-electron chi connectivity index (χ1n) is 9.53. The number of halogens is 1. The molecule has 1 amide bonds. The predicted molar refractivity (Wildman–Crippen MR) is 113 cm³/mol. The van der Waals surface area contributed by atoms with Crippen molar-refractivity contribution in [2.45, 2.75) is 18.7 Å². The van der Waals surface area contributed by atoms with Gasteiger partial charge in [-0.05, 0) is 48.9 Å². The summed E-state index contributed by atoms with van der Waals surface area (Å²) in [5, 5.41) is 2.88. The van der Waals surface area contributed by atoms with Gasteiger partial charge in [-0.3, -0.25) is 9.69 Å². The number of piperazine rings is 1. The smallest absolute Gasteiger partial charge is 0.241 e. The van der Waals surface area contributed by atoms with Gasteiger partial charge in [-0.25, -0.2) is 12.8 Å². The maximum atomic E-state index is 13.1. The molecule has 1 atom stereocenters. The van der Waals surface area contributed by atoms with E-state index in [9.17, 15) is 17.6 Å². The zero-order valence-corrected chi connectivity index (χ0v) is 17.5. The van der Waals surface area contributed by atoms with Gasteiger partial charge < -0.3 is 10.2 Å². The van der Waals surface area contributed by atoms with Gasteiger partial charge in [0, 0.05) is 43.8 Å². The number of nitrogens with one attached hydrogen (secondary N) is 1. The first-order chi connectivity index (χ1) is 13.7. The fourth-order valence-corrected chi connectivity index (χ4v) is 4.26. The largest absolute Gasteiger partial charge is 0.369 e. The summed E-state index contributed by atoms with van der Waals surface area (Å²) in [5.74, 6) is -0.438. The Morgan fingerprint density at radius 2 is 1.76 bits per heavy atom. The van der Waals surface area contributed by atoms with Crippen molar-refractivity contribution in [1.29, 1.82) is 0 Å². The highest BCUT2D eigenvalue weighted by Gasteiger charge is 2.25. The Balaban J connectivity index is 1.56. The van der Waals surface area contributed by atoms with Gasteiger partial charge >= 0.3 is 0 Å². The molecule has 0 spiro atoms. The molecule has 6 nitrogen and oxygen atoms in total. The van der Waals surface area contributed by atoms with Crippen LogP contribution in [0.4, 0.5) is 15.8 Å². The fourth-order valence-electron chi connectivity index (χ4n) is 3.47. The number of hydrogen-bond donors (Lipinski definition) is 1. The Kier molecular flexibility index (Phi) is 6.54. The molecule has 0 bridgehead atoms. The Morgan fingerprint density at radius 3 is 2.38 bits per heavy atom. The number of rotatable bonds is 6. The lowest BCUT2D eigenvalue weighted by molar-refractivity contribution is -0.120. The van der Waals surface area contributed by atoms with E-state index in [1.54, 1.807) is 36.4 Å². The standard InChI is InChI=1S/C21H26FN3O3S/c1-16(21(26)23-19-5-3-4-17(14-19)15-29(2,27)28)24-10-12-25(13-11-24)20-8-6-18(22)7-9-20/h3-9,14,16H,10-13,15H2,1-2H3,(H,23,26). The second-order valence-corrected chi connectivity index (χ2v) is 9.58. The highest BCUT2D eigenvalue weighted by atomic mass is 32.2. The van der Waals surface area contributed by atoms with E-state index in [1.165, 1.54) is 18.4 Å². The Bertz CT molecular complexity index is 955. The van der Waals surface area contributed by atoms with Crippen LogP contribution >= 0.6 is 0 Å². The molecule has 0 aromatic heterocycles. The first-order valence-corrected chi connectivity index (χ1v) is 11.6. The Hall–Kier alpha value is -2.45. The van der Waals surface area contributed by atoms with Gasteiger partial charge in [0.25, 0.3) is 0 Å². The molecule has 8 heteroatoms. The molecule has 1 heterocycles. The summed E-state index contributed by atoms with van der Waals surface area (Å²) in [6, 6.07) is 13.0. The third-order valence-corrected chi connectivity index (χ3v) is 5.91. The van der Waals surface area contributed by atoms with Crippen molar-refractivity contribution < 1.29 is 17.6 Å². The molecular weight excluding hydrogens is 393 g/mol. The van der Waals surface area contributed by atoms with Gasteiger partial charge in [0.05, 0.1) is 11.8 Å². The van der Waals surface area contributed by atoms with Gasteiger partial charge in [0.1, 0.15) is 5.82 Å². The summed E-state index contributed by atoms with van der Waals surface area (Å²) in [7, 11) is -3.13. The first kappa shape index (κ1) is 21.3. The average molecular weight is 420 g/mol. The zero-order valence-electron chi connectivity index (χ0n) is 16.6. The molecule has 0 saturated carbocycles. The molecule has 0 aliphatic carbocycles.